The van der Waals surface area contributed by atoms with Crippen molar-refractivity contribution in [1.82, 2.24) is 15.3 Å². The van der Waals surface area contributed by atoms with Crippen LogP contribution in [0, 0.1) is 6.92 Å². The molecule has 1 aromatic carbocycles. The van der Waals surface area contributed by atoms with E-state index in [4.69, 9.17) is 5.73 Å². The highest BCUT2D eigenvalue weighted by Crippen LogP contribution is 2.25. The number of nitrogens with one attached hydrogen (secondary N) is 3. The number of benzene rings is 1. The number of thiazole rings is 1. The molecule has 28 heavy (non-hydrogen) atoms. The molecule has 8 nitrogen and oxygen atoms in total. The van der Waals surface area contributed by atoms with Crippen LogP contribution < -0.4 is 16.4 Å². The molecule has 5 N–H and O–H groups in total. The predicted octanol–water partition coefficient (Wildman–Crippen LogP) is 2.30. The van der Waals surface area contributed by atoms with E-state index >= 15 is 0 Å². The normalized spacial score (nSPS) is 11.6. The fourth-order valence-electron chi connectivity index (χ4n) is 2.49. The Bertz CT molecular complexity index is 1040. The third-order valence-corrected chi connectivity index (χ3v) is 4.76. The second-order valence-corrected chi connectivity index (χ2v) is 7.12. The van der Waals surface area contributed by atoms with Gasteiger partial charge in [0.25, 0.3) is 11.8 Å². The van der Waals surface area contributed by atoms with Gasteiger partial charge >= 0.3 is 0 Å². The zero-order valence-corrected chi connectivity index (χ0v) is 16.1. The van der Waals surface area contributed by atoms with Crippen LogP contribution in [-0.2, 0) is 4.79 Å². The van der Waals surface area contributed by atoms with Crippen LogP contribution in [-0.4, -0.2) is 33.7 Å². The number of anilines is 1. The molecule has 3 rings (SSSR count). The van der Waals surface area contributed by atoms with E-state index in [1.807, 2.05) is 13.0 Å². The van der Waals surface area contributed by atoms with Crippen LogP contribution in [0.1, 0.15) is 33.3 Å². The van der Waals surface area contributed by atoms with E-state index in [0.29, 0.717) is 22.0 Å². The maximum Gasteiger partial charge on any atom is 0.265 e. The SMILES string of the molecule is Cc1cccc(C(=O)NC(C)C(=O)Nc2nc(-c3c[nH]c(C(N)=O)c3)cs2)c1. The third kappa shape index (κ3) is 4.44. The average Bonchev–Trinajstić information content (AvgIpc) is 3.30. The Labute approximate surface area is 165 Å². The van der Waals surface area contributed by atoms with Crippen molar-refractivity contribution in [2.45, 2.75) is 19.9 Å². The second kappa shape index (κ2) is 8.05. The van der Waals surface area contributed by atoms with E-state index in [2.05, 4.69) is 20.6 Å². The average molecular weight is 397 g/mol. The number of amides is 3. The number of carbonyl (C=O) groups is 3. The van der Waals surface area contributed by atoms with E-state index in [9.17, 15) is 14.4 Å². The molecule has 2 aromatic heterocycles. The Morgan fingerprint density at radius 3 is 2.71 bits per heavy atom. The fraction of sp³-hybridized carbons (Fsp3) is 0.158. The largest absolute Gasteiger partial charge is 0.364 e. The van der Waals surface area contributed by atoms with Crippen molar-refractivity contribution in [3.05, 3.63) is 58.7 Å². The van der Waals surface area contributed by atoms with Gasteiger partial charge in [0.15, 0.2) is 5.13 Å². The van der Waals surface area contributed by atoms with Crippen LogP contribution >= 0.6 is 11.3 Å². The predicted molar refractivity (Wildman–Crippen MR) is 107 cm³/mol. The minimum atomic E-state index is -0.742. The van der Waals surface area contributed by atoms with Gasteiger partial charge in [0.2, 0.25) is 5.91 Å². The summed E-state index contributed by atoms with van der Waals surface area (Å²) in [6.45, 7) is 3.49. The quantitative estimate of drug-likeness (QED) is 0.508. The first kappa shape index (κ1) is 19.3. The van der Waals surface area contributed by atoms with Crippen molar-refractivity contribution in [3.63, 3.8) is 0 Å². The minimum absolute atomic E-state index is 0.279. The van der Waals surface area contributed by atoms with Crippen molar-refractivity contribution >= 4 is 34.2 Å². The zero-order valence-electron chi connectivity index (χ0n) is 15.3. The Balaban J connectivity index is 1.62. The van der Waals surface area contributed by atoms with E-state index in [1.54, 1.807) is 42.8 Å². The van der Waals surface area contributed by atoms with Crippen LogP contribution in [0.4, 0.5) is 5.13 Å². The number of nitrogens with zero attached hydrogens (tertiary/aromatic N) is 1. The topological polar surface area (TPSA) is 130 Å². The highest BCUT2D eigenvalue weighted by atomic mass is 32.1. The lowest BCUT2D eigenvalue weighted by molar-refractivity contribution is -0.117. The number of primary amides is 1. The molecule has 0 aliphatic carbocycles. The highest BCUT2D eigenvalue weighted by Gasteiger charge is 2.18. The van der Waals surface area contributed by atoms with Gasteiger partial charge in [0.1, 0.15) is 11.7 Å². The Morgan fingerprint density at radius 2 is 2.04 bits per heavy atom. The molecule has 3 aromatic rings. The number of rotatable bonds is 6. The first-order chi connectivity index (χ1) is 13.3. The number of aromatic nitrogens is 2. The second-order valence-electron chi connectivity index (χ2n) is 6.26. The molecule has 144 valence electrons. The number of aromatic amines is 1. The molecule has 1 atom stereocenters. The van der Waals surface area contributed by atoms with Gasteiger partial charge < -0.3 is 21.4 Å². The van der Waals surface area contributed by atoms with Gasteiger partial charge in [-0.1, -0.05) is 17.7 Å². The summed E-state index contributed by atoms with van der Waals surface area (Å²) >= 11 is 1.24. The van der Waals surface area contributed by atoms with Gasteiger partial charge in [0, 0.05) is 22.7 Å². The third-order valence-electron chi connectivity index (χ3n) is 4.00. The van der Waals surface area contributed by atoms with Crippen molar-refractivity contribution < 1.29 is 14.4 Å². The van der Waals surface area contributed by atoms with Gasteiger partial charge in [-0.3, -0.25) is 14.4 Å². The maximum atomic E-state index is 12.4. The molecular weight excluding hydrogens is 378 g/mol. The Kier molecular flexibility index (Phi) is 5.55. The standard InChI is InChI=1S/C19H19N5O3S/c1-10-4-3-5-12(6-10)18(27)22-11(2)17(26)24-19-23-15(9-28-19)13-7-14(16(20)25)21-8-13/h3-9,11,21H,1-2H3,(H2,20,25)(H,22,27)(H,23,24,26). The minimum Gasteiger partial charge on any atom is -0.364 e. The van der Waals surface area contributed by atoms with Crippen molar-refractivity contribution in [1.29, 1.82) is 0 Å². The summed E-state index contributed by atoms with van der Waals surface area (Å²) in [5.74, 6) is -1.26. The first-order valence-corrected chi connectivity index (χ1v) is 9.34. The van der Waals surface area contributed by atoms with Gasteiger partial charge in [-0.05, 0) is 32.0 Å². The highest BCUT2D eigenvalue weighted by molar-refractivity contribution is 7.14. The van der Waals surface area contributed by atoms with Gasteiger partial charge in [-0.25, -0.2) is 4.98 Å². The van der Waals surface area contributed by atoms with E-state index in [-0.39, 0.29) is 17.5 Å². The molecule has 0 aliphatic heterocycles. The summed E-state index contributed by atoms with van der Waals surface area (Å²) in [6.07, 6.45) is 1.62. The smallest absolute Gasteiger partial charge is 0.265 e. The number of hydrogen-bond acceptors (Lipinski definition) is 5. The van der Waals surface area contributed by atoms with Crippen molar-refractivity contribution in [2.75, 3.05) is 5.32 Å². The molecule has 0 saturated heterocycles. The van der Waals surface area contributed by atoms with E-state index in [0.717, 1.165) is 5.56 Å². The molecule has 0 saturated carbocycles. The molecule has 0 aliphatic rings. The van der Waals surface area contributed by atoms with Crippen LogP contribution in [0.2, 0.25) is 0 Å². The van der Waals surface area contributed by atoms with Crippen LogP contribution in [0.15, 0.2) is 41.9 Å². The Morgan fingerprint density at radius 1 is 1.25 bits per heavy atom. The lowest BCUT2D eigenvalue weighted by Gasteiger charge is -2.13. The van der Waals surface area contributed by atoms with Crippen LogP contribution in [0.25, 0.3) is 11.3 Å². The number of H-pyrrole nitrogens is 1. The molecule has 0 spiro atoms. The molecule has 0 bridgehead atoms. The van der Waals surface area contributed by atoms with Crippen molar-refractivity contribution in [3.8, 4) is 11.3 Å². The number of carbonyl (C=O) groups excluding carboxylic acids is 3. The summed E-state index contributed by atoms with van der Waals surface area (Å²) in [5.41, 5.74) is 8.24. The molecule has 0 fully saturated rings. The molecule has 3 amide bonds. The number of nitrogens with two attached hydrogens (primary N) is 1. The summed E-state index contributed by atoms with van der Waals surface area (Å²) < 4.78 is 0. The molecule has 2 heterocycles. The van der Waals surface area contributed by atoms with E-state index in [1.165, 1.54) is 11.3 Å². The van der Waals surface area contributed by atoms with Crippen LogP contribution in [0.5, 0.6) is 0 Å². The Hall–Kier alpha value is -3.46. The molecule has 9 heteroatoms. The van der Waals surface area contributed by atoms with Gasteiger partial charge in [-0.2, -0.15) is 0 Å². The number of hydrogen-bond donors (Lipinski definition) is 4. The van der Waals surface area contributed by atoms with Gasteiger partial charge in [-0.15, -0.1) is 11.3 Å². The summed E-state index contributed by atoms with van der Waals surface area (Å²) in [5, 5.41) is 7.49. The summed E-state index contributed by atoms with van der Waals surface area (Å²) in [7, 11) is 0. The van der Waals surface area contributed by atoms with Gasteiger partial charge in [0.05, 0.1) is 5.69 Å². The first-order valence-electron chi connectivity index (χ1n) is 8.46. The lowest BCUT2D eigenvalue weighted by Crippen LogP contribution is -2.41. The molecule has 1 unspecified atom stereocenters. The maximum absolute atomic E-state index is 12.4. The fourth-order valence-corrected chi connectivity index (χ4v) is 3.22. The summed E-state index contributed by atoms with van der Waals surface area (Å²) in [4.78, 5) is 42.9. The summed E-state index contributed by atoms with van der Waals surface area (Å²) in [6, 6.07) is 7.98. The monoisotopic (exact) mass is 397 g/mol. The zero-order chi connectivity index (χ0) is 20.3. The van der Waals surface area contributed by atoms with Crippen molar-refractivity contribution in [2.24, 2.45) is 5.73 Å². The van der Waals surface area contributed by atoms with Crippen LogP contribution in [0.3, 0.4) is 0 Å². The van der Waals surface area contributed by atoms with E-state index < -0.39 is 11.9 Å². The molecular formula is C19H19N5O3S. The number of aryl methyl sites for hydroxylation is 1. The molecule has 0 radical (unpaired) electrons. The lowest BCUT2D eigenvalue weighted by atomic mass is 10.1.